The predicted octanol–water partition coefficient (Wildman–Crippen LogP) is 4.58. The Morgan fingerprint density at radius 3 is 3.06 bits per heavy atom. The molecule has 2 heterocycles. The lowest BCUT2D eigenvalue weighted by Gasteiger charge is -2.17. The van der Waals surface area contributed by atoms with E-state index in [0.717, 1.165) is 33.5 Å². The maximum atomic E-state index is 6.35. The topological polar surface area (TPSA) is 25.8 Å². The number of aryl methyl sites for hydroxylation is 1. The number of aromatic nitrogens is 2. The highest BCUT2D eigenvalue weighted by molar-refractivity contribution is 7.99. The number of thioether (sulfide) groups is 1. The fourth-order valence-electron chi connectivity index (χ4n) is 2.47. The van der Waals surface area contributed by atoms with Gasteiger partial charge < -0.3 is 0 Å². The second-order valence-electron chi connectivity index (χ2n) is 4.76. The summed E-state index contributed by atoms with van der Waals surface area (Å²) >= 11 is 9.81. The maximum absolute atomic E-state index is 6.35. The Hall–Kier alpha value is -0.320. The summed E-state index contributed by atoms with van der Waals surface area (Å²) in [5.41, 5.74) is 1.41. The Labute approximate surface area is 120 Å². The van der Waals surface area contributed by atoms with E-state index in [4.69, 9.17) is 11.6 Å². The van der Waals surface area contributed by atoms with Gasteiger partial charge in [-0.15, -0.1) is 11.3 Å². The van der Waals surface area contributed by atoms with Gasteiger partial charge in [0, 0.05) is 4.88 Å². The van der Waals surface area contributed by atoms with Crippen LogP contribution < -0.4 is 0 Å². The van der Waals surface area contributed by atoms with Crippen molar-refractivity contribution in [2.45, 2.75) is 38.3 Å². The normalized spacial score (nSPS) is 19.2. The van der Waals surface area contributed by atoms with E-state index in [-0.39, 0.29) is 0 Å². The minimum atomic E-state index is 0.642. The number of nitrogens with zero attached hydrogens (tertiary/aromatic N) is 2. The van der Waals surface area contributed by atoms with Crippen molar-refractivity contribution in [1.29, 1.82) is 0 Å². The Kier molecular flexibility index (Phi) is 3.52. The average Bonchev–Trinajstić information content (AvgIpc) is 2.66. The molecule has 0 saturated heterocycles. The average molecular weight is 299 g/mol. The quantitative estimate of drug-likeness (QED) is 0.461. The minimum absolute atomic E-state index is 0.642. The van der Waals surface area contributed by atoms with Crippen LogP contribution in [-0.2, 0) is 12.8 Å². The van der Waals surface area contributed by atoms with Crippen LogP contribution in [0.4, 0.5) is 0 Å². The van der Waals surface area contributed by atoms with Crippen LogP contribution >= 0.6 is 34.7 Å². The summed E-state index contributed by atoms with van der Waals surface area (Å²) in [6, 6.07) is 0. The van der Waals surface area contributed by atoms with Crippen molar-refractivity contribution in [2.75, 3.05) is 5.75 Å². The van der Waals surface area contributed by atoms with E-state index < -0.39 is 0 Å². The molecule has 5 heteroatoms. The van der Waals surface area contributed by atoms with E-state index in [2.05, 4.69) is 23.8 Å². The van der Waals surface area contributed by atoms with E-state index in [1.54, 1.807) is 11.8 Å². The lowest BCUT2D eigenvalue weighted by atomic mass is 9.89. The smallest absolute Gasteiger partial charge is 0.190 e. The highest BCUT2D eigenvalue weighted by Gasteiger charge is 2.23. The number of hydrogen-bond donors (Lipinski definition) is 0. The van der Waals surface area contributed by atoms with Crippen molar-refractivity contribution in [3.8, 4) is 0 Å². The van der Waals surface area contributed by atoms with Gasteiger partial charge in [0.15, 0.2) is 5.16 Å². The molecule has 0 aliphatic heterocycles. The van der Waals surface area contributed by atoms with Crippen molar-refractivity contribution < 1.29 is 0 Å². The Morgan fingerprint density at radius 2 is 2.28 bits per heavy atom. The summed E-state index contributed by atoms with van der Waals surface area (Å²) < 4.78 is 0. The molecule has 0 saturated carbocycles. The number of halogens is 1. The summed E-state index contributed by atoms with van der Waals surface area (Å²) in [5.74, 6) is 1.76. The molecular formula is C13H15ClN2S2. The van der Waals surface area contributed by atoms with Gasteiger partial charge in [-0.05, 0) is 36.5 Å². The van der Waals surface area contributed by atoms with Crippen molar-refractivity contribution in [3.05, 3.63) is 15.6 Å². The summed E-state index contributed by atoms with van der Waals surface area (Å²) in [5, 5.41) is 2.56. The van der Waals surface area contributed by atoms with E-state index in [0.29, 0.717) is 5.15 Å². The van der Waals surface area contributed by atoms with E-state index >= 15 is 0 Å². The van der Waals surface area contributed by atoms with Gasteiger partial charge in [0.05, 0.1) is 5.39 Å². The molecule has 0 radical (unpaired) electrons. The molecule has 0 aromatic carbocycles. The van der Waals surface area contributed by atoms with Gasteiger partial charge in [-0.25, -0.2) is 9.97 Å². The lowest BCUT2D eigenvalue weighted by Crippen LogP contribution is -2.08. The third kappa shape index (κ3) is 2.15. The Morgan fingerprint density at radius 1 is 1.44 bits per heavy atom. The van der Waals surface area contributed by atoms with Crippen LogP contribution in [-0.4, -0.2) is 15.7 Å². The van der Waals surface area contributed by atoms with Gasteiger partial charge in [0.25, 0.3) is 0 Å². The standard InChI is InChI=1S/C13H15ClN2S2/c1-3-17-13-15-11(14)10-8-5-4-7(2)6-9(8)18-12(10)16-13/h7H,3-6H2,1-2H3. The number of fused-ring (bicyclic) bond motifs is 3. The first kappa shape index (κ1) is 12.7. The zero-order chi connectivity index (χ0) is 12.7. The summed E-state index contributed by atoms with van der Waals surface area (Å²) in [6.07, 6.45) is 3.55. The fourth-order valence-corrected chi connectivity index (χ4v) is 4.87. The highest BCUT2D eigenvalue weighted by atomic mass is 35.5. The van der Waals surface area contributed by atoms with E-state index in [1.807, 2.05) is 11.3 Å². The van der Waals surface area contributed by atoms with Gasteiger partial charge >= 0.3 is 0 Å². The maximum Gasteiger partial charge on any atom is 0.190 e. The molecule has 2 aromatic heterocycles. The number of rotatable bonds is 2. The molecule has 96 valence electrons. The van der Waals surface area contributed by atoms with E-state index in [1.165, 1.54) is 23.3 Å². The molecule has 1 atom stereocenters. The second kappa shape index (κ2) is 4.99. The molecule has 0 bridgehead atoms. The van der Waals surface area contributed by atoms with Crippen LogP contribution in [0.5, 0.6) is 0 Å². The van der Waals surface area contributed by atoms with Gasteiger partial charge in [0.1, 0.15) is 9.98 Å². The van der Waals surface area contributed by atoms with Gasteiger partial charge in [-0.2, -0.15) is 0 Å². The zero-order valence-electron chi connectivity index (χ0n) is 10.5. The Balaban J connectivity index is 2.16. The molecule has 2 nitrogen and oxygen atoms in total. The molecule has 1 aliphatic rings. The van der Waals surface area contributed by atoms with Crippen LogP contribution in [0.3, 0.4) is 0 Å². The second-order valence-corrected chi connectivity index (χ2v) is 7.43. The summed E-state index contributed by atoms with van der Waals surface area (Å²) in [7, 11) is 0. The molecule has 1 aliphatic carbocycles. The molecule has 2 aromatic rings. The molecule has 3 rings (SSSR count). The van der Waals surface area contributed by atoms with Gasteiger partial charge in [-0.1, -0.05) is 37.2 Å². The third-order valence-electron chi connectivity index (χ3n) is 3.36. The van der Waals surface area contributed by atoms with Crippen molar-refractivity contribution in [2.24, 2.45) is 5.92 Å². The SMILES string of the molecule is CCSc1nc(Cl)c2c3c(sc2n1)CC(C)CC3. The van der Waals surface area contributed by atoms with Crippen molar-refractivity contribution >= 4 is 44.9 Å². The monoisotopic (exact) mass is 298 g/mol. The first-order valence-electron chi connectivity index (χ1n) is 6.29. The molecule has 0 spiro atoms. The zero-order valence-corrected chi connectivity index (χ0v) is 12.9. The number of thiophene rings is 1. The van der Waals surface area contributed by atoms with Crippen LogP contribution in [0, 0.1) is 5.92 Å². The third-order valence-corrected chi connectivity index (χ3v) is 5.51. The summed E-state index contributed by atoms with van der Waals surface area (Å²) in [4.78, 5) is 11.6. The largest absolute Gasteiger partial charge is 0.211 e. The number of hydrogen-bond acceptors (Lipinski definition) is 4. The lowest BCUT2D eigenvalue weighted by molar-refractivity contribution is 0.509. The fraction of sp³-hybridized carbons (Fsp3) is 0.538. The van der Waals surface area contributed by atoms with Crippen LogP contribution in [0.25, 0.3) is 10.2 Å². The van der Waals surface area contributed by atoms with Gasteiger partial charge in [-0.3, -0.25) is 0 Å². The molecular weight excluding hydrogens is 284 g/mol. The van der Waals surface area contributed by atoms with Crippen LogP contribution in [0.1, 0.15) is 30.7 Å². The molecule has 0 amide bonds. The van der Waals surface area contributed by atoms with Crippen LogP contribution in [0.15, 0.2) is 5.16 Å². The van der Waals surface area contributed by atoms with Crippen molar-refractivity contribution in [3.63, 3.8) is 0 Å². The predicted molar refractivity (Wildman–Crippen MR) is 80.0 cm³/mol. The first-order valence-corrected chi connectivity index (χ1v) is 8.47. The Bertz CT molecular complexity index is 594. The summed E-state index contributed by atoms with van der Waals surface area (Å²) in [6.45, 7) is 4.42. The molecule has 18 heavy (non-hydrogen) atoms. The highest BCUT2D eigenvalue weighted by Crippen LogP contribution is 2.40. The van der Waals surface area contributed by atoms with Gasteiger partial charge in [0.2, 0.25) is 0 Å². The molecule has 1 unspecified atom stereocenters. The molecule has 0 N–H and O–H groups in total. The minimum Gasteiger partial charge on any atom is -0.211 e. The van der Waals surface area contributed by atoms with Crippen molar-refractivity contribution in [1.82, 2.24) is 9.97 Å². The molecule has 0 fully saturated rings. The first-order chi connectivity index (χ1) is 8.69. The van der Waals surface area contributed by atoms with Crippen LogP contribution in [0.2, 0.25) is 5.15 Å². The van der Waals surface area contributed by atoms with E-state index in [9.17, 15) is 0 Å².